The van der Waals surface area contributed by atoms with Crippen molar-refractivity contribution in [2.24, 2.45) is 5.92 Å². The number of carbonyl (C=O) groups excluding carboxylic acids is 1. The van der Waals surface area contributed by atoms with Gasteiger partial charge in [0.2, 0.25) is 0 Å². The van der Waals surface area contributed by atoms with Crippen LogP contribution in [-0.4, -0.2) is 41.5 Å². The van der Waals surface area contributed by atoms with Crippen molar-refractivity contribution >= 4 is 6.03 Å². The molecule has 0 aliphatic heterocycles. The van der Waals surface area contributed by atoms with Crippen LogP contribution in [-0.2, 0) is 0 Å². The largest absolute Gasteiger partial charge is 0.394 e. The zero-order valence-electron chi connectivity index (χ0n) is 11.2. The minimum atomic E-state index is -0.683. The zero-order valence-corrected chi connectivity index (χ0v) is 11.2. The zero-order chi connectivity index (χ0) is 13.4. The summed E-state index contributed by atoms with van der Waals surface area (Å²) in [5.41, 5.74) is 0. The number of carbonyl (C=O) groups is 1. The van der Waals surface area contributed by atoms with Crippen molar-refractivity contribution in [1.82, 2.24) is 10.6 Å². The van der Waals surface area contributed by atoms with Crippen LogP contribution >= 0.6 is 0 Å². The number of nitrogens with one attached hydrogen (secondary N) is 2. The fraction of sp³-hybridized carbons (Fsp3) is 0.923. The van der Waals surface area contributed by atoms with Crippen LogP contribution in [0, 0.1) is 5.92 Å². The van der Waals surface area contributed by atoms with Crippen LogP contribution in [0.5, 0.6) is 0 Å². The summed E-state index contributed by atoms with van der Waals surface area (Å²) in [7, 11) is 0. The van der Waals surface area contributed by atoms with Crippen LogP contribution in [0.3, 0.4) is 0 Å². The van der Waals surface area contributed by atoms with Crippen LogP contribution in [0.4, 0.5) is 4.79 Å². The molecule has 4 N–H and O–H groups in total. The van der Waals surface area contributed by atoms with Gasteiger partial charge >= 0.3 is 6.03 Å². The Morgan fingerprint density at radius 2 is 2.06 bits per heavy atom. The molecule has 0 heterocycles. The van der Waals surface area contributed by atoms with Gasteiger partial charge < -0.3 is 20.8 Å². The molecule has 0 bridgehead atoms. The first-order chi connectivity index (χ1) is 8.67. The van der Waals surface area contributed by atoms with Gasteiger partial charge in [-0.1, -0.05) is 26.2 Å². The van der Waals surface area contributed by atoms with E-state index in [4.69, 9.17) is 5.11 Å². The molecule has 0 aromatic heterocycles. The van der Waals surface area contributed by atoms with Crippen LogP contribution in [0.25, 0.3) is 0 Å². The van der Waals surface area contributed by atoms with Gasteiger partial charge in [-0.15, -0.1) is 0 Å². The first-order valence-electron chi connectivity index (χ1n) is 7.00. The molecule has 2 unspecified atom stereocenters. The van der Waals surface area contributed by atoms with Crippen LogP contribution in [0.1, 0.15) is 45.4 Å². The predicted octanol–water partition coefficient (Wildman–Crippen LogP) is 0.998. The number of rotatable bonds is 7. The molecule has 0 spiro atoms. The smallest absolute Gasteiger partial charge is 0.315 e. The molecule has 1 fully saturated rings. The summed E-state index contributed by atoms with van der Waals surface area (Å²) in [5, 5.41) is 24.3. The van der Waals surface area contributed by atoms with Crippen molar-refractivity contribution in [1.29, 1.82) is 0 Å². The van der Waals surface area contributed by atoms with E-state index in [1.807, 2.05) is 6.92 Å². The minimum Gasteiger partial charge on any atom is -0.394 e. The molecule has 0 aromatic carbocycles. The molecule has 5 nitrogen and oxygen atoms in total. The second kappa shape index (κ2) is 8.32. The monoisotopic (exact) mass is 258 g/mol. The average Bonchev–Trinajstić information content (AvgIpc) is 2.86. The molecule has 1 aliphatic rings. The molecule has 2 atom stereocenters. The molecule has 0 saturated heterocycles. The fourth-order valence-electron chi connectivity index (χ4n) is 2.43. The molecule has 106 valence electrons. The van der Waals surface area contributed by atoms with E-state index < -0.39 is 12.1 Å². The summed E-state index contributed by atoms with van der Waals surface area (Å²) in [6, 6.07) is -0.871. The molecule has 0 radical (unpaired) electrons. The van der Waals surface area contributed by atoms with Gasteiger partial charge in [-0.25, -0.2) is 4.79 Å². The maximum absolute atomic E-state index is 11.6. The average molecular weight is 258 g/mol. The van der Waals surface area contributed by atoms with Gasteiger partial charge in [0.1, 0.15) is 0 Å². The topological polar surface area (TPSA) is 81.6 Å². The maximum Gasteiger partial charge on any atom is 0.315 e. The Bertz CT molecular complexity index is 242. The van der Waals surface area contributed by atoms with E-state index in [1.54, 1.807) is 0 Å². The van der Waals surface area contributed by atoms with Crippen molar-refractivity contribution < 1.29 is 15.0 Å². The highest BCUT2D eigenvalue weighted by atomic mass is 16.3. The second-order valence-electron chi connectivity index (χ2n) is 5.15. The van der Waals surface area contributed by atoms with Crippen molar-refractivity contribution in [3.8, 4) is 0 Å². The Labute approximate surface area is 109 Å². The number of aliphatic hydroxyl groups excluding tert-OH is 2. The normalized spacial score (nSPS) is 19.5. The summed E-state index contributed by atoms with van der Waals surface area (Å²) in [6.45, 7) is 2.41. The lowest BCUT2D eigenvalue weighted by Crippen LogP contribution is -2.50. The van der Waals surface area contributed by atoms with Gasteiger partial charge in [0.05, 0.1) is 18.8 Å². The number of amides is 2. The van der Waals surface area contributed by atoms with E-state index in [0.717, 1.165) is 6.42 Å². The quantitative estimate of drug-likeness (QED) is 0.550. The van der Waals surface area contributed by atoms with E-state index >= 15 is 0 Å². The number of aliphatic hydroxyl groups is 2. The maximum atomic E-state index is 11.6. The Morgan fingerprint density at radius 3 is 2.61 bits per heavy atom. The molecule has 1 aliphatic carbocycles. The Morgan fingerprint density at radius 1 is 1.39 bits per heavy atom. The predicted molar refractivity (Wildman–Crippen MR) is 70.3 cm³/mol. The third-order valence-electron chi connectivity index (χ3n) is 3.59. The van der Waals surface area contributed by atoms with Crippen LogP contribution in [0.2, 0.25) is 0 Å². The van der Waals surface area contributed by atoms with E-state index in [2.05, 4.69) is 10.6 Å². The number of urea groups is 1. The molecule has 5 heteroatoms. The van der Waals surface area contributed by atoms with Crippen molar-refractivity contribution in [2.75, 3.05) is 13.2 Å². The van der Waals surface area contributed by atoms with Crippen LogP contribution in [0.15, 0.2) is 0 Å². The van der Waals surface area contributed by atoms with E-state index in [1.165, 1.54) is 25.7 Å². The highest BCUT2D eigenvalue weighted by Crippen LogP contribution is 2.23. The SMILES string of the molecule is CCCC(O)C(CO)NC(=O)NCC1CCCC1. The Hall–Kier alpha value is -0.810. The highest BCUT2D eigenvalue weighted by molar-refractivity contribution is 5.74. The van der Waals surface area contributed by atoms with E-state index in [-0.39, 0.29) is 12.6 Å². The van der Waals surface area contributed by atoms with Gasteiger partial charge in [0.15, 0.2) is 0 Å². The van der Waals surface area contributed by atoms with Gasteiger partial charge in [-0.3, -0.25) is 0 Å². The Kier molecular flexibility index (Phi) is 7.05. The van der Waals surface area contributed by atoms with Crippen molar-refractivity contribution in [2.45, 2.75) is 57.6 Å². The summed E-state index contributed by atoms with van der Waals surface area (Å²) >= 11 is 0. The second-order valence-corrected chi connectivity index (χ2v) is 5.15. The first-order valence-corrected chi connectivity index (χ1v) is 7.00. The lowest BCUT2D eigenvalue weighted by molar-refractivity contribution is 0.0863. The molecular weight excluding hydrogens is 232 g/mol. The van der Waals surface area contributed by atoms with Gasteiger partial charge in [-0.2, -0.15) is 0 Å². The molecule has 1 rings (SSSR count). The first kappa shape index (κ1) is 15.2. The van der Waals surface area contributed by atoms with Crippen molar-refractivity contribution in [3.63, 3.8) is 0 Å². The van der Waals surface area contributed by atoms with Crippen LogP contribution < -0.4 is 10.6 Å². The minimum absolute atomic E-state index is 0.238. The Balaban J connectivity index is 2.23. The summed E-state index contributed by atoms with van der Waals surface area (Å²) in [6.07, 6.45) is 5.59. The molecular formula is C13H26N2O3. The van der Waals surface area contributed by atoms with Gasteiger partial charge in [0, 0.05) is 6.54 Å². The lowest BCUT2D eigenvalue weighted by atomic mass is 10.1. The van der Waals surface area contributed by atoms with E-state index in [9.17, 15) is 9.90 Å². The third-order valence-corrected chi connectivity index (χ3v) is 3.59. The molecule has 1 saturated carbocycles. The number of hydrogen-bond donors (Lipinski definition) is 4. The van der Waals surface area contributed by atoms with Gasteiger partial charge in [0.25, 0.3) is 0 Å². The standard InChI is InChI=1S/C13H26N2O3/c1-2-5-12(17)11(9-16)15-13(18)14-8-10-6-3-4-7-10/h10-12,16-17H,2-9H2,1H3,(H2,14,15,18). The van der Waals surface area contributed by atoms with E-state index in [0.29, 0.717) is 18.9 Å². The molecule has 18 heavy (non-hydrogen) atoms. The molecule has 2 amide bonds. The van der Waals surface area contributed by atoms with Crippen molar-refractivity contribution in [3.05, 3.63) is 0 Å². The summed E-state index contributed by atoms with van der Waals surface area (Å²) in [4.78, 5) is 11.6. The number of hydrogen-bond acceptors (Lipinski definition) is 3. The third kappa shape index (κ3) is 5.23. The lowest BCUT2D eigenvalue weighted by Gasteiger charge is -2.22. The molecule has 0 aromatic rings. The fourth-order valence-corrected chi connectivity index (χ4v) is 2.43. The summed E-state index contributed by atoms with van der Waals surface area (Å²) in [5.74, 6) is 0.587. The summed E-state index contributed by atoms with van der Waals surface area (Å²) < 4.78 is 0. The van der Waals surface area contributed by atoms with Gasteiger partial charge in [-0.05, 0) is 25.2 Å². The highest BCUT2D eigenvalue weighted by Gasteiger charge is 2.20.